The normalized spacial score (nSPS) is 10.7. The summed E-state index contributed by atoms with van der Waals surface area (Å²) in [6.45, 7) is 0.330. The van der Waals surface area contributed by atoms with Gasteiger partial charge in [0.2, 0.25) is 0 Å². The summed E-state index contributed by atoms with van der Waals surface area (Å²) in [6, 6.07) is 18.8. The maximum Gasteiger partial charge on any atom is 0.329 e. The first-order valence-electron chi connectivity index (χ1n) is 9.03. The van der Waals surface area contributed by atoms with Crippen molar-refractivity contribution in [3.63, 3.8) is 0 Å². The quantitative estimate of drug-likeness (QED) is 0.270. The largest absolute Gasteiger partial charge is 0.455 e. The summed E-state index contributed by atoms with van der Waals surface area (Å²) in [5, 5.41) is 16.9. The lowest BCUT2D eigenvalue weighted by Gasteiger charge is -2.03. The van der Waals surface area contributed by atoms with Gasteiger partial charge in [0.05, 0.1) is 11.1 Å². The summed E-state index contributed by atoms with van der Waals surface area (Å²) in [4.78, 5) is 33.8. The van der Waals surface area contributed by atoms with Gasteiger partial charge in [0.25, 0.3) is 5.69 Å². The number of rotatable bonds is 7. The van der Waals surface area contributed by atoms with Crippen LogP contribution in [-0.4, -0.2) is 29.5 Å². The number of non-ortho nitro benzene ring substituents is 1. The van der Waals surface area contributed by atoms with E-state index in [1.165, 1.54) is 18.3 Å². The van der Waals surface area contributed by atoms with Gasteiger partial charge in [0.1, 0.15) is 11.5 Å². The van der Waals surface area contributed by atoms with Crippen LogP contribution in [0.5, 0.6) is 0 Å². The van der Waals surface area contributed by atoms with Gasteiger partial charge in [-0.1, -0.05) is 30.3 Å². The number of nitrogens with zero attached hydrogens (tertiary/aromatic N) is 2. The first-order valence-corrected chi connectivity index (χ1v) is 9.03. The van der Waals surface area contributed by atoms with E-state index in [0.717, 1.165) is 5.56 Å². The zero-order valence-corrected chi connectivity index (χ0v) is 15.8. The summed E-state index contributed by atoms with van der Waals surface area (Å²) < 4.78 is 5.56. The van der Waals surface area contributed by atoms with Crippen LogP contribution in [0.15, 0.2) is 76.2 Å². The van der Waals surface area contributed by atoms with Crippen molar-refractivity contribution in [3.05, 3.63) is 88.2 Å². The van der Waals surface area contributed by atoms with Crippen molar-refractivity contribution in [1.29, 1.82) is 0 Å². The average Bonchev–Trinajstić information content (AvgIpc) is 3.23. The fourth-order valence-corrected chi connectivity index (χ4v) is 2.58. The van der Waals surface area contributed by atoms with Crippen LogP contribution in [0.3, 0.4) is 0 Å². The third-order valence-corrected chi connectivity index (χ3v) is 4.10. The summed E-state index contributed by atoms with van der Waals surface area (Å²) in [5.74, 6) is -0.847. The zero-order chi connectivity index (χ0) is 21.3. The minimum atomic E-state index is -0.888. The van der Waals surface area contributed by atoms with Crippen LogP contribution >= 0.6 is 0 Å². The van der Waals surface area contributed by atoms with Gasteiger partial charge in [-0.3, -0.25) is 19.7 Å². The molecule has 0 saturated carbocycles. The number of carbonyl (C=O) groups excluding carboxylic acids is 2. The van der Waals surface area contributed by atoms with Crippen molar-refractivity contribution < 1.29 is 18.9 Å². The van der Waals surface area contributed by atoms with Gasteiger partial charge in [0.15, 0.2) is 0 Å². The summed E-state index contributed by atoms with van der Waals surface area (Å²) >= 11 is 0. The number of hydrazone groups is 1. The lowest BCUT2D eigenvalue weighted by atomic mass is 10.1. The highest BCUT2D eigenvalue weighted by atomic mass is 16.6. The number of furan rings is 1. The number of hydrogen-bond acceptors (Lipinski definition) is 6. The van der Waals surface area contributed by atoms with Crippen LogP contribution in [0.2, 0.25) is 0 Å². The maximum absolute atomic E-state index is 11.8. The topological polar surface area (TPSA) is 127 Å². The van der Waals surface area contributed by atoms with E-state index in [0.29, 0.717) is 30.0 Å². The van der Waals surface area contributed by atoms with E-state index in [2.05, 4.69) is 15.8 Å². The monoisotopic (exact) mass is 406 g/mol. The molecule has 3 aromatic rings. The van der Waals surface area contributed by atoms with Crippen LogP contribution < -0.4 is 10.7 Å². The molecule has 0 atom stereocenters. The van der Waals surface area contributed by atoms with Gasteiger partial charge in [-0.15, -0.1) is 0 Å². The Bertz CT molecular complexity index is 1060. The zero-order valence-electron chi connectivity index (χ0n) is 15.8. The van der Waals surface area contributed by atoms with E-state index in [1.807, 2.05) is 30.3 Å². The van der Waals surface area contributed by atoms with Crippen LogP contribution in [0, 0.1) is 10.1 Å². The Balaban J connectivity index is 1.47. The molecule has 152 valence electrons. The molecule has 2 aromatic carbocycles. The Kier molecular flexibility index (Phi) is 6.67. The highest BCUT2D eigenvalue weighted by Gasteiger charge is 2.12. The molecule has 3 rings (SSSR count). The third-order valence-electron chi connectivity index (χ3n) is 4.10. The van der Waals surface area contributed by atoms with Crippen LogP contribution in [-0.2, 0) is 16.0 Å². The minimum Gasteiger partial charge on any atom is -0.455 e. The summed E-state index contributed by atoms with van der Waals surface area (Å²) in [6.07, 6.45) is 1.87. The van der Waals surface area contributed by atoms with Crippen molar-refractivity contribution in [2.75, 3.05) is 6.54 Å². The van der Waals surface area contributed by atoms with Crippen LogP contribution in [0.4, 0.5) is 5.69 Å². The standard InChI is InChI=1S/C21H18N4O5/c26-20(22-13-12-15-4-2-1-3-5-15)21(27)24-23-14-18-10-11-19(30-18)16-6-8-17(9-7-16)25(28)29/h1-11,14H,12-13H2,(H,22,26)(H,24,27)/b23-14-. The molecule has 0 aliphatic heterocycles. The van der Waals surface area contributed by atoms with Crippen LogP contribution in [0.1, 0.15) is 11.3 Å². The smallest absolute Gasteiger partial charge is 0.329 e. The van der Waals surface area contributed by atoms with Gasteiger partial charge in [-0.05, 0) is 36.2 Å². The molecule has 0 fully saturated rings. The van der Waals surface area contributed by atoms with Crippen molar-refractivity contribution in [3.8, 4) is 11.3 Å². The molecule has 0 bridgehead atoms. The van der Waals surface area contributed by atoms with E-state index in [-0.39, 0.29) is 5.69 Å². The number of carbonyl (C=O) groups is 2. The van der Waals surface area contributed by atoms with Crippen LogP contribution in [0.25, 0.3) is 11.3 Å². The van der Waals surface area contributed by atoms with E-state index >= 15 is 0 Å². The Morgan fingerprint density at radius 1 is 1.00 bits per heavy atom. The van der Waals surface area contributed by atoms with Gasteiger partial charge < -0.3 is 9.73 Å². The Morgan fingerprint density at radius 2 is 1.73 bits per heavy atom. The molecule has 30 heavy (non-hydrogen) atoms. The lowest BCUT2D eigenvalue weighted by molar-refractivity contribution is -0.384. The average molecular weight is 406 g/mol. The number of benzene rings is 2. The van der Waals surface area contributed by atoms with E-state index in [9.17, 15) is 19.7 Å². The van der Waals surface area contributed by atoms with Gasteiger partial charge >= 0.3 is 11.8 Å². The van der Waals surface area contributed by atoms with Gasteiger partial charge in [-0.2, -0.15) is 5.10 Å². The second-order valence-electron chi connectivity index (χ2n) is 6.20. The second kappa shape index (κ2) is 9.78. The van der Waals surface area contributed by atoms with Gasteiger partial charge in [-0.25, -0.2) is 5.43 Å². The Hall–Kier alpha value is -4.27. The SMILES string of the molecule is O=C(NCCc1ccccc1)C(=O)N/N=C\c1ccc(-c2ccc([N+](=O)[O-])cc2)o1. The molecule has 2 N–H and O–H groups in total. The molecule has 0 aliphatic carbocycles. The molecule has 0 radical (unpaired) electrons. The molecular formula is C21H18N4O5. The highest BCUT2D eigenvalue weighted by molar-refractivity contribution is 6.35. The minimum absolute atomic E-state index is 0.0168. The molecule has 0 unspecified atom stereocenters. The lowest BCUT2D eigenvalue weighted by Crippen LogP contribution is -2.38. The number of nitro benzene ring substituents is 1. The molecule has 0 aliphatic rings. The third kappa shape index (κ3) is 5.61. The molecule has 1 heterocycles. The summed E-state index contributed by atoms with van der Waals surface area (Å²) in [5.41, 5.74) is 3.82. The fourth-order valence-electron chi connectivity index (χ4n) is 2.58. The molecule has 9 nitrogen and oxygen atoms in total. The molecular weight excluding hydrogens is 388 g/mol. The summed E-state index contributed by atoms with van der Waals surface area (Å²) in [7, 11) is 0. The number of nitrogens with one attached hydrogen (secondary N) is 2. The van der Waals surface area contributed by atoms with E-state index in [1.54, 1.807) is 24.3 Å². The van der Waals surface area contributed by atoms with Crippen molar-refractivity contribution in [2.24, 2.45) is 5.10 Å². The highest BCUT2D eigenvalue weighted by Crippen LogP contribution is 2.23. The van der Waals surface area contributed by atoms with Crippen molar-refractivity contribution in [2.45, 2.75) is 6.42 Å². The molecule has 1 aromatic heterocycles. The second-order valence-corrected chi connectivity index (χ2v) is 6.20. The molecule has 0 spiro atoms. The first-order chi connectivity index (χ1) is 14.5. The van der Waals surface area contributed by atoms with E-state index in [4.69, 9.17) is 4.42 Å². The Morgan fingerprint density at radius 3 is 2.43 bits per heavy atom. The predicted octanol–water partition coefficient (Wildman–Crippen LogP) is 2.66. The van der Waals surface area contributed by atoms with Crippen molar-refractivity contribution in [1.82, 2.24) is 10.7 Å². The van der Waals surface area contributed by atoms with Crippen molar-refractivity contribution >= 4 is 23.7 Å². The fraction of sp³-hybridized carbons (Fsp3) is 0.0952. The Labute approximate surface area is 171 Å². The van der Waals surface area contributed by atoms with Gasteiger partial charge in [0, 0.05) is 24.2 Å². The predicted molar refractivity (Wildman–Crippen MR) is 110 cm³/mol. The first kappa shape index (κ1) is 20.5. The maximum atomic E-state index is 11.8. The molecule has 2 amide bonds. The number of amides is 2. The number of hydrogen-bond donors (Lipinski definition) is 2. The molecule has 0 saturated heterocycles. The number of nitro groups is 1. The molecule has 9 heteroatoms. The van der Waals surface area contributed by atoms with E-state index < -0.39 is 16.7 Å².